The molecule has 1 heterocycles. The molecule has 3 heteroatoms. The first kappa shape index (κ1) is 12.1. The van der Waals surface area contributed by atoms with Crippen LogP contribution in [0.3, 0.4) is 0 Å². The molecule has 1 amide bonds. The molecule has 1 unspecified atom stereocenters. The maximum atomic E-state index is 11.8. The Hall–Kier alpha value is -1.35. The van der Waals surface area contributed by atoms with E-state index in [0.717, 1.165) is 13.0 Å². The van der Waals surface area contributed by atoms with E-state index < -0.39 is 0 Å². The maximum absolute atomic E-state index is 11.8. The summed E-state index contributed by atoms with van der Waals surface area (Å²) in [4.78, 5) is 13.6. The lowest BCUT2D eigenvalue weighted by atomic mass is 10.1. The molecule has 1 aromatic carbocycles. The van der Waals surface area contributed by atoms with E-state index in [9.17, 15) is 4.79 Å². The first-order valence-electron chi connectivity index (χ1n) is 6.15. The van der Waals surface area contributed by atoms with Crippen molar-refractivity contribution in [3.05, 3.63) is 35.4 Å². The molecule has 1 aromatic rings. The van der Waals surface area contributed by atoms with E-state index in [4.69, 9.17) is 0 Å². The fourth-order valence-electron chi connectivity index (χ4n) is 2.23. The minimum atomic E-state index is -0.0173. The Morgan fingerprint density at radius 1 is 1.35 bits per heavy atom. The molecule has 0 radical (unpaired) electrons. The van der Waals surface area contributed by atoms with E-state index in [-0.39, 0.29) is 18.0 Å². The van der Waals surface area contributed by atoms with Crippen LogP contribution in [0.25, 0.3) is 0 Å². The monoisotopic (exact) mass is 232 g/mol. The number of likely N-dealkylation sites (tertiary alicyclic amines) is 1. The van der Waals surface area contributed by atoms with Crippen molar-refractivity contribution in [1.82, 2.24) is 10.2 Å². The van der Waals surface area contributed by atoms with Crippen LogP contribution in [0, 0.1) is 6.92 Å². The predicted molar refractivity (Wildman–Crippen MR) is 68.8 cm³/mol. The first-order valence-corrected chi connectivity index (χ1v) is 6.15. The highest BCUT2D eigenvalue weighted by atomic mass is 16.2. The van der Waals surface area contributed by atoms with Gasteiger partial charge in [0.15, 0.2) is 0 Å². The fourth-order valence-corrected chi connectivity index (χ4v) is 2.23. The topological polar surface area (TPSA) is 32.3 Å². The summed E-state index contributed by atoms with van der Waals surface area (Å²) >= 11 is 0. The SMILES string of the molecule is Cc1ccc([C@H](C)NC2CCN(C)C2=O)cc1. The maximum Gasteiger partial charge on any atom is 0.239 e. The van der Waals surface area contributed by atoms with Gasteiger partial charge in [-0.3, -0.25) is 10.1 Å². The van der Waals surface area contributed by atoms with Gasteiger partial charge in [-0.15, -0.1) is 0 Å². The smallest absolute Gasteiger partial charge is 0.239 e. The normalized spacial score (nSPS) is 21.9. The minimum absolute atomic E-state index is 0.0173. The standard InChI is InChI=1S/C14H20N2O/c1-10-4-6-12(7-5-10)11(2)15-13-8-9-16(3)14(13)17/h4-7,11,13,15H,8-9H2,1-3H3/t11-,13?/m0/s1. The van der Waals surface area contributed by atoms with Gasteiger partial charge in [0.2, 0.25) is 5.91 Å². The molecular weight excluding hydrogens is 212 g/mol. The van der Waals surface area contributed by atoms with Gasteiger partial charge in [0.25, 0.3) is 0 Å². The summed E-state index contributed by atoms with van der Waals surface area (Å²) in [5.41, 5.74) is 2.50. The summed E-state index contributed by atoms with van der Waals surface area (Å²) < 4.78 is 0. The Kier molecular flexibility index (Phi) is 3.48. The Balaban J connectivity index is 1.99. The second kappa shape index (κ2) is 4.88. The zero-order valence-corrected chi connectivity index (χ0v) is 10.7. The number of aryl methyl sites for hydroxylation is 1. The van der Waals surface area contributed by atoms with Crippen molar-refractivity contribution in [2.45, 2.75) is 32.4 Å². The number of rotatable bonds is 3. The lowest BCUT2D eigenvalue weighted by Gasteiger charge is -2.19. The van der Waals surface area contributed by atoms with Crippen LogP contribution in [-0.2, 0) is 4.79 Å². The number of amides is 1. The second-order valence-corrected chi connectivity index (χ2v) is 4.90. The molecule has 0 aliphatic carbocycles. The van der Waals surface area contributed by atoms with E-state index in [1.807, 2.05) is 7.05 Å². The highest BCUT2D eigenvalue weighted by Gasteiger charge is 2.29. The molecule has 0 aromatic heterocycles. The summed E-state index contributed by atoms with van der Waals surface area (Å²) in [7, 11) is 1.86. The summed E-state index contributed by atoms with van der Waals surface area (Å²) in [6, 6.07) is 8.66. The molecular formula is C14H20N2O. The Labute approximate surface area is 103 Å². The number of nitrogens with one attached hydrogen (secondary N) is 1. The van der Waals surface area contributed by atoms with Crippen LogP contribution in [0.4, 0.5) is 0 Å². The number of carbonyl (C=O) groups is 1. The average molecular weight is 232 g/mol. The molecule has 1 fully saturated rings. The summed E-state index contributed by atoms with van der Waals surface area (Å²) in [5.74, 6) is 0.212. The van der Waals surface area contributed by atoms with Crippen molar-refractivity contribution in [3.8, 4) is 0 Å². The molecule has 3 nitrogen and oxygen atoms in total. The first-order chi connectivity index (χ1) is 8.08. The molecule has 0 bridgehead atoms. The summed E-state index contributed by atoms with van der Waals surface area (Å²) in [5, 5.41) is 3.40. The molecule has 92 valence electrons. The van der Waals surface area contributed by atoms with E-state index in [1.165, 1.54) is 11.1 Å². The number of benzene rings is 1. The third-order valence-corrected chi connectivity index (χ3v) is 3.46. The zero-order chi connectivity index (χ0) is 12.4. The van der Waals surface area contributed by atoms with Gasteiger partial charge < -0.3 is 4.90 Å². The highest BCUT2D eigenvalue weighted by molar-refractivity contribution is 5.83. The number of nitrogens with zero attached hydrogens (tertiary/aromatic N) is 1. The fraction of sp³-hybridized carbons (Fsp3) is 0.500. The molecule has 1 saturated heterocycles. The van der Waals surface area contributed by atoms with Crippen LogP contribution >= 0.6 is 0 Å². The van der Waals surface area contributed by atoms with E-state index in [2.05, 4.69) is 43.4 Å². The van der Waals surface area contributed by atoms with Crippen LogP contribution in [-0.4, -0.2) is 30.4 Å². The van der Waals surface area contributed by atoms with Gasteiger partial charge >= 0.3 is 0 Å². The van der Waals surface area contributed by atoms with E-state index in [0.29, 0.717) is 0 Å². The Morgan fingerprint density at radius 2 is 2.00 bits per heavy atom. The largest absolute Gasteiger partial charge is 0.344 e. The van der Waals surface area contributed by atoms with Gasteiger partial charge in [0.05, 0.1) is 6.04 Å². The Morgan fingerprint density at radius 3 is 2.53 bits per heavy atom. The molecule has 17 heavy (non-hydrogen) atoms. The molecule has 2 atom stereocenters. The van der Waals surface area contributed by atoms with Gasteiger partial charge in [-0.1, -0.05) is 29.8 Å². The van der Waals surface area contributed by atoms with Gasteiger partial charge in [0, 0.05) is 19.6 Å². The second-order valence-electron chi connectivity index (χ2n) is 4.90. The van der Waals surface area contributed by atoms with Gasteiger partial charge in [-0.05, 0) is 25.8 Å². The quantitative estimate of drug-likeness (QED) is 0.863. The van der Waals surface area contributed by atoms with Crippen LogP contribution < -0.4 is 5.32 Å². The lowest BCUT2D eigenvalue weighted by Crippen LogP contribution is -2.38. The minimum Gasteiger partial charge on any atom is -0.344 e. The van der Waals surface area contributed by atoms with Crippen molar-refractivity contribution in [2.24, 2.45) is 0 Å². The summed E-state index contributed by atoms with van der Waals surface area (Å²) in [6.07, 6.45) is 0.908. The van der Waals surface area contributed by atoms with E-state index >= 15 is 0 Å². The Bertz CT molecular complexity index is 399. The number of hydrogen-bond acceptors (Lipinski definition) is 2. The van der Waals surface area contributed by atoms with Crippen molar-refractivity contribution in [2.75, 3.05) is 13.6 Å². The van der Waals surface area contributed by atoms with Crippen molar-refractivity contribution in [3.63, 3.8) is 0 Å². The van der Waals surface area contributed by atoms with Crippen molar-refractivity contribution < 1.29 is 4.79 Å². The van der Waals surface area contributed by atoms with Crippen LogP contribution in [0.15, 0.2) is 24.3 Å². The van der Waals surface area contributed by atoms with Gasteiger partial charge in [-0.2, -0.15) is 0 Å². The van der Waals surface area contributed by atoms with Gasteiger partial charge in [0.1, 0.15) is 0 Å². The van der Waals surface area contributed by atoms with Crippen LogP contribution in [0.5, 0.6) is 0 Å². The van der Waals surface area contributed by atoms with Crippen LogP contribution in [0.2, 0.25) is 0 Å². The molecule has 2 rings (SSSR count). The highest BCUT2D eigenvalue weighted by Crippen LogP contribution is 2.17. The third kappa shape index (κ3) is 2.67. The number of likely N-dealkylation sites (N-methyl/N-ethyl adjacent to an activating group) is 1. The van der Waals surface area contributed by atoms with Crippen molar-refractivity contribution >= 4 is 5.91 Å². The molecule has 1 aliphatic rings. The predicted octanol–water partition coefficient (Wildman–Crippen LogP) is 1.88. The molecule has 1 N–H and O–H groups in total. The molecule has 0 saturated carbocycles. The number of hydrogen-bond donors (Lipinski definition) is 1. The lowest BCUT2D eigenvalue weighted by molar-refractivity contribution is -0.128. The number of carbonyl (C=O) groups excluding carboxylic acids is 1. The van der Waals surface area contributed by atoms with Crippen molar-refractivity contribution in [1.29, 1.82) is 0 Å². The van der Waals surface area contributed by atoms with Gasteiger partial charge in [-0.25, -0.2) is 0 Å². The average Bonchev–Trinajstić information content (AvgIpc) is 2.62. The molecule has 1 aliphatic heterocycles. The summed E-state index contributed by atoms with van der Waals surface area (Å²) in [6.45, 7) is 5.05. The van der Waals surface area contributed by atoms with Crippen LogP contribution in [0.1, 0.15) is 30.5 Å². The zero-order valence-electron chi connectivity index (χ0n) is 10.7. The molecule has 0 spiro atoms. The third-order valence-electron chi connectivity index (χ3n) is 3.46. The van der Waals surface area contributed by atoms with E-state index in [1.54, 1.807) is 4.90 Å².